The van der Waals surface area contributed by atoms with Crippen LogP contribution in [0.15, 0.2) is 18.2 Å². The lowest BCUT2D eigenvalue weighted by Gasteiger charge is -2.32. The summed E-state index contributed by atoms with van der Waals surface area (Å²) >= 11 is 0. The molecule has 0 aliphatic heterocycles. The molecule has 4 heteroatoms. The molecule has 0 aliphatic carbocycles. The van der Waals surface area contributed by atoms with E-state index in [1.54, 1.807) is 20.1 Å². The van der Waals surface area contributed by atoms with Gasteiger partial charge in [-0.2, -0.15) is 0 Å². The summed E-state index contributed by atoms with van der Waals surface area (Å²) in [5.74, 6) is -0.370. The van der Waals surface area contributed by atoms with Crippen molar-refractivity contribution in [2.75, 3.05) is 25.2 Å². The number of nitrogens with zero attached hydrogens (tertiary/aromatic N) is 1. The molecule has 2 atom stereocenters. The number of halogens is 1. The summed E-state index contributed by atoms with van der Waals surface area (Å²) in [5.41, 5.74) is 1.08. The Bertz CT molecular complexity index is 382. The SMILES string of the molecule is CCN(c1cccc(F)c1[C@H](C)O)C(C)COC. The molecule has 0 aliphatic rings. The topological polar surface area (TPSA) is 32.7 Å². The normalized spacial score (nSPS) is 14.3. The van der Waals surface area contributed by atoms with Crippen LogP contribution in [-0.4, -0.2) is 31.4 Å². The number of rotatable bonds is 6. The van der Waals surface area contributed by atoms with E-state index in [-0.39, 0.29) is 11.9 Å². The second-order valence-corrected chi connectivity index (χ2v) is 4.44. The van der Waals surface area contributed by atoms with Gasteiger partial charge in [0, 0.05) is 30.9 Å². The number of likely N-dealkylation sites (N-methyl/N-ethyl adjacent to an activating group) is 1. The first-order valence-corrected chi connectivity index (χ1v) is 6.24. The van der Waals surface area contributed by atoms with Gasteiger partial charge in [-0.1, -0.05) is 6.07 Å². The Balaban J connectivity index is 3.16. The molecule has 3 nitrogen and oxygen atoms in total. The highest BCUT2D eigenvalue weighted by atomic mass is 19.1. The van der Waals surface area contributed by atoms with Crippen LogP contribution in [0.25, 0.3) is 0 Å². The lowest BCUT2D eigenvalue weighted by atomic mass is 10.1. The summed E-state index contributed by atoms with van der Waals surface area (Å²) in [6.07, 6.45) is -0.829. The minimum absolute atomic E-state index is 0.124. The summed E-state index contributed by atoms with van der Waals surface area (Å²) in [6, 6.07) is 5.00. The third kappa shape index (κ3) is 3.21. The van der Waals surface area contributed by atoms with Crippen molar-refractivity contribution in [3.63, 3.8) is 0 Å². The maximum absolute atomic E-state index is 13.8. The Morgan fingerprint density at radius 2 is 2.06 bits per heavy atom. The number of methoxy groups -OCH3 is 1. The molecule has 102 valence electrons. The molecule has 0 heterocycles. The largest absolute Gasteiger partial charge is 0.389 e. The van der Waals surface area contributed by atoms with E-state index in [1.807, 2.05) is 24.8 Å². The van der Waals surface area contributed by atoms with Gasteiger partial charge in [0.2, 0.25) is 0 Å². The van der Waals surface area contributed by atoms with E-state index in [0.29, 0.717) is 12.2 Å². The molecule has 0 radical (unpaired) electrons. The van der Waals surface area contributed by atoms with Gasteiger partial charge in [-0.15, -0.1) is 0 Å². The molecule has 0 bridgehead atoms. The van der Waals surface area contributed by atoms with E-state index in [4.69, 9.17) is 4.74 Å². The van der Waals surface area contributed by atoms with Gasteiger partial charge in [-0.05, 0) is 32.9 Å². The second kappa shape index (κ2) is 6.71. The smallest absolute Gasteiger partial charge is 0.131 e. The van der Waals surface area contributed by atoms with Crippen LogP contribution in [0, 0.1) is 5.82 Å². The monoisotopic (exact) mass is 255 g/mol. The third-order valence-electron chi connectivity index (χ3n) is 3.04. The van der Waals surface area contributed by atoms with Crippen LogP contribution in [0.1, 0.15) is 32.4 Å². The zero-order chi connectivity index (χ0) is 13.7. The van der Waals surface area contributed by atoms with Crippen LogP contribution < -0.4 is 4.90 Å². The molecule has 1 N–H and O–H groups in total. The van der Waals surface area contributed by atoms with Crippen LogP contribution in [0.3, 0.4) is 0 Å². The van der Waals surface area contributed by atoms with Crippen molar-refractivity contribution >= 4 is 5.69 Å². The van der Waals surface area contributed by atoms with Crippen molar-refractivity contribution in [1.82, 2.24) is 0 Å². The van der Waals surface area contributed by atoms with Crippen molar-refractivity contribution in [2.24, 2.45) is 0 Å². The summed E-state index contributed by atoms with van der Waals surface area (Å²) in [4.78, 5) is 2.04. The van der Waals surface area contributed by atoms with Crippen LogP contribution in [0.5, 0.6) is 0 Å². The van der Waals surface area contributed by atoms with Crippen molar-refractivity contribution in [1.29, 1.82) is 0 Å². The molecule has 1 rings (SSSR count). The van der Waals surface area contributed by atoms with Crippen molar-refractivity contribution < 1.29 is 14.2 Å². The van der Waals surface area contributed by atoms with Gasteiger partial charge in [-0.25, -0.2) is 4.39 Å². The molecule has 18 heavy (non-hydrogen) atoms. The van der Waals surface area contributed by atoms with E-state index < -0.39 is 6.10 Å². The molecule has 0 saturated heterocycles. The molecule has 0 saturated carbocycles. The van der Waals surface area contributed by atoms with E-state index in [1.165, 1.54) is 6.07 Å². The van der Waals surface area contributed by atoms with E-state index in [2.05, 4.69) is 0 Å². The molecule has 1 unspecified atom stereocenters. The van der Waals surface area contributed by atoms with Crippen LogP contribution in [-0.2, 0) is 4.74 Å². The predicted molar refractivity (Wildman–Crippen MR) is 71.4 cm³/mol. The van der Waals surface area contributed by atoms with Gasteiger partial charge >= 0.3 is 0 Å². The van der Waals surface area contributed by atoms with E-state index >= 15 is 0 Å². The van der Waals surface area contributed by atoms with Gasteiger partial charge in [-0.3, -0.25) is 0 Å². The molecule has 1 aromatic carbocycles. The summed E-state index contributed by atoms with van der Waals surface area (Å²) in [6.45, 7) is 6.89. The second-order valence-electron chi connectivity index (χ2n) is 4.44. The van der Waals surface area contributed by atoms with Crippen LogP contribution in [0.2, 0.25) is 0 Å². The Hall–Kier alpha value is -1.13. The van der Waals surface area contributed by atoms with Gasteiger partial charge < -0.3 is 14.7 Å². The molecular weight excluding hydrogens is 233 g/mol. The average molecular weight is 255 g/mol. The maximum atomic E-state index is 13.8. The van der Waals surface area contributed by atoms with E-state index in [9.17, 15) is 9.50 Å². The Kier molecular flexibility index (Phi) is 5.56. The minimum atomic E-state index is -0.829. The molecule has 0 amide bonds. The number of aliphatic hydroxyl groups excluding tert-OH is 1. The number of hydrogen-bond donors (Lipinski definition) is 1. The standard InChI is InChI=1S/C14H22FNO2/c1-5-16(10(2)9-18-4)13-8-6-7-12(15)14(13)11(3)17/h6-8,10-11,17H,5,9H2,1-4H3/t10?,11-/m0/s1. The van der Waals surface area contributed by atoms with Crippen molar-refractivity contribution in [3.8, 4) is 0 Å². The summed E-state index contributed by atoms with van der Waals surface area (Å²) < 4.78 is 19.0. The van der Waals surface area contributed by atoms with Gasteiger partial charge in [0.1, 0.15) is 5.82 Å². The first-order valence-electron chi connectivity index (χ1n) is 6.24. The zero-order valence-electron chi connectivity index (χ0n) is 11.5. The average Bonchev–Trinajstić information content (AvgIpc) is 2.29. The summed E-state index contributed by atoms with van der Waals surface area (Å²) in [5, 5.41) is 9.74. The summed E-state index contributed by atoms with van der Waals surface area (Å²) in [7, 11) is 1.64. The lowest BCUT2D eigenvalue weighted by molar-refractivity contribution is 0.179. The maximum Gasteiger partial charge on any atom is 0.131 e. The number of aliphatic hydroxyl groups is 1. The fraction of sp³-hybridized carbons (Fsp3) is 0.571. The molecule has 0 aromatic heterocycles. The Morgan fingerprint density at radius 3 is 2.56 bits per heavy atom. The fourth-order valence-corrected chi connectivity index (χ4v) is 2.24. The minimum Gasteiger partial charge on any atom is -0.389 e. The number of hydrogen-bond acceptors (Lipinski definition) is 3. The van der Waals surface area contributed by atoms with E-state index in [0.717, 1.165) is 12.2 Å². The molecule has 0 spiro atoms. The highest BCUT2D eigenvalue weighted by Crippen LogP contribution is 2.30. The first-order chi connectivity index (χ1) is 8.52. The highest BCUT2D eigenvalue weighted by molar-refractivity contribution is 5.55. The zero-order valence-corrected chi connectivity index (χ0v) is 11.5. The Morgan fingerprint density at radius 1 is 1.39 bits per heavy atom. The number of benzene rings is 1. The van der Waals surface area contributed by atoms with Gasteiger partial charge in [0.05, 0.1) is 12.7 Å². The number of ether oxygens (including phenoxy) is 1. The quantitative estimate of drug-likeness (QED) is 0.848. The highest BCUT2D eigenvalue weighted by Gasteiger charge is 2.20. The lowest BCUT2D eigenvalue weighted by Crippen LogP contribution is -2.37. The van der Waals surface area contributed by atoms with Crippen molar-refractivity contribution in [2.45, 2.75) is 32.9 Å². The van der Waals surface area contributed by atoms with Crippen LogP contribution >= 0.6 is 0 Å². The first kappa shape index (κ1) is 14.9. The number of anilines is 1. The van der Waals surface area contributed by atoms with Gasteiger partial charge in [0.15, 0.2) is 0 Å². The third-order valence-corrected chi connectivity index (χ3v) is 3.04. The molecule has 0 fully saturated rings. The van der Waals surface area contributed by atoms with Crippen molar-refractivity contribution in [3.05, 3.63) is 29.6 Å². The van der Waals surface area contributed by atoms with Gasteiger partial charge in [0.25, 0.3) is 0 Å². The Labute approximate surface area is 108 Å². The fourth-order valence-electron chi connectivity index (χ4n) is 2.24. The predicted octanol–water partition coefficient (Wildman–Crippen LogP) is 2.74. The molecule has 1 aromatic rings. The van der Waals surface area contributed by atoms with Crippen LogP contribution in [0.4, 0.5) is 10.1 Å². The molecular formula is C14H22FNO2.